The molecule has 0 aliphatic carbocycles. The molecule has 6 heteroatoms. The van der Waals surface area contributed by atoms with Crippen LogP contribution in [0.5, 0.6) is 0 Å². The van der Waals surface area contributed by atoms with Crippen molar-refractivity contribution in [3.8, 4) is 0 Å². The van der Waals surface area contributed by atoms with Crippen LogP contribution < -0.4 is 0 Å². The van der Waals surface area contributed by atoms with Crippen LogP contribution in [-0.2, 0) is 18.3 Å². The zero-order valence-corrected chi connectivity index (χ0v) is 15.4. The van der Waals surface area contributed by atoms with E-state index < -0.39 is 14.0 Å². The fourth-order valence-corrected chi connectivity index (χ4v) is 6.97. The Kier molecular flexibility index (Phi) is 9.67. The Bertz CT molecular complexity index is 194. The van der Waals surface area contributed by atoms with E-state index in [1.54, 1.807) is 0 Å². The third-order valence-corrected chi connectivity index (χ3v) is 7.57. The molecule has 1 atom stereocenters. The lowest BCUT2D eigenvalue weighted by atomic mass is 10.2. The molecule has 4 nitrogen and oxygen atoms in total. The summed E-state index contributed by atoms with van der Waals surface area (Å²) in [5, 5.41) is 0. The minimum atomic E-state index is -2.45. The SMILES string of the molecule is CCOC1(OCC)CCCC[Si]1(OCC)OCC.P. The molecule has 0 bridgehead atoms. The standard InChI is InChI=1S/C13H28O4Si.H3P/c1-5-14-13(15-6-2)11-9-10-12-18(13,16-7-3)17-8-4;/h5-12H2,1-4H3;1H3. The highest BCUT2D eigenvalue weighted by atomic mass is 31.0. The summed E-state index contributed by atoms with van der Waals surface area (Å²) in [6, 6.07) is 0.967. The quantitative estimate of drug-likeness (QED) is 0.392. The van der Waals surface area contributed by atoms with Gasteiger partial charge in [0.05, 0.1) is 0 Å². The first-order valence-corrected chi connectivity index (χ1v) is 9.28. The van der Waals surface area contributed by atoms with Gasteiger partial charge in [0.15, 0.2) is 0 Å². The predicted octanol–water partition coefficient (Wildman–Crippen LogP) is 3.05. The summed E-state index contributed by atoms with van der Waals surface area (Å²) < 4.78 is 24.2. The number of rotatable bonds is 8. The molecule has 1 saturated heterocycles. The Labute approximate surface area is 122 Å². The van der Waals surface area contributed by atoms with Crippen molar-refractivity contribution in [1.29, 1.82) is 0 Å². The van der Waals surface area contributed by atoms with Crippen molar-refractivity contribution in [3.63, 3.8) is 0 Å². The van der Waals surface area contributed by atoms with E-state index in [0.717, 1.165) is 25.3 Å². The zero-order chi connectivity index (χ0) is 13.5. The lowest BCUT2D eigenvalue weighted by Crippen LogP contribution is -2.67. The van der Waals surface area contributed by atoms with Crippen LogP contribution in [0.25, 0.3) is 0 Å². The van der Waals surface area contributed by atoms with Crippen molar-refractivity contribution in [2.45, 2.75) is 58.4 Å². The third-order valence-electron chi connectivity index (χ3n) is 3.35. The van der Waals surface area contributed by atoms with Crippen LogP contribution in [-0.4, -0.2) is 40.4 Å². The van der Waals surface area contributed by atoms with E-state index in [2.05, 4.69) is 0 Å². The Hall–Kier alpha value is 0.487. The van der Waals surface area contributed by atoms with Gasteiger partial charge >= 0.3 is 8.56 Å². The normalized spacial score (nSPS) is 20.8. The van der Waals surface area contributed by atoms with Gasteiger partial charge in [0.2, 0.25) is 5.41 Å². The molecule has 0 amide bonds. The molecule has 19 heavy (non-hydrogen) atoms. The summed E-state index contributed by atoms with van der Waals surface area (Å²) in [7, 11) is -2.45. The van der Waals surface area contributed by atoms with Gasteiger partial charge in [0, 0.05) is 32.8 Å². The zero-order valence-electron chi connectivity index (χ0n) is 13.0. The molecule has 0 aromatic carbocycles. The molecule has 0 radical (unpaired) electrons. The van der Waals surface area contributed by atoms with Gasteiger partial charge in [-0.2, -0.15) is 9.90 Å². The second-order valence-electron chi connectivity index (χ2n) is 4.44. The summed E-state index contributed by atoms with van der Waals surface area (Å²) in [5.74, 6) is 0. The maximum Gasteiger partial charge on any atom is 0.399 e. The van der Waals surface area contributed by atoms with Gasteiger partial charge in [0.1, 0.15) is 0 Å². The Morgan fingerprint density at radius 2 is 1.37 bits per heavy atom. The van der Waals surface area contributed by atoms with Gasteiger partial charge in [0.25, 0.3) is 0 Å². The average molecular weight is 310 g/mol. The highest BCUT2D eigenvalue weighted by Gasteiger charge is 2.61. The van der Waals surface area contributed by atoms with E-state index in [1.807, 2.05) is 27.7 Å². The summed E-state index contributed by atoms with van der Waals surface area (Å²) in [6.07, 6.45) is 3.16. The Morgan fingerprint density at radius 3 is 1.79 bits per heavy atom. The third kappa shape index (κ3) is 4.23. The monoisotopic (exact) mass is 310 g/mol. The number of hydrogen-bond donors (Lipinski definition) is 0. The second kappa shape index (κ2) is 9.43. The van der Waals surface area contributed by atoms with E-state index in [-0.39, 0.29) is 9.90 Å². The maximum absolute atomic E-state index is 6.10. The van der Waals surface area contributed by atoms with Crippen LogP contribution in [0, 0.1) is 0 Å². The van der Waals surface area contributed by atoms with Crippen LogP contribution in [0.1, 0.15) is 47.0 Å². The molecule has 0 spiro atoms. The van der Waals surface area contributed by atoms with Crippen molar-refractivity contribution in [3.05, 3.63) is 0 Å². The fraction of sp³-hybridized carbons (Fsp3) is 1.00. The maximum atomic E-state index is 6.10. The number of ether oxygens (including phenoxy) is 2. The minimum Gasteiger partial charge on any atom is -0.392 e. The highest BCUT2D eigenvalue weighted by molar-refractivity contribution is 6.92. The van der Waals surface area contributed by atoms with Crippen molar-refractivity contribution in [2.24, 2.45) is 0 Å². The first-order chi connectivity index (χ1) is 8.70. The molecule has 0 N–H and O–H groups in total. The summed E-state index contributed by atoms with van der Waals surface area (Å²) in [5.41, 5.74) is -0.610. The molecule has 0 aromatic rings. The van der Waals surface area contributed by atoms with Gasteiger partial charge in [-0.3, -0.25) is 0 Å². The lowest BCUT2D eigenvalue weighted by Gasteiger charge is -2.48. The van der Waals surface area contributed by atoms with Crippen molar-refractivity contribution < 1.29 is 18.3 Å². The smallest absolute Gasteiger partial charge is 0.392 e. The molecular weight excluding hydrogens is 279 g/mol. The van der Waals surface area contributed by atoms with E-state index in [4.69, 9.17) is 18.3 Å². The first-order valence-electron chi connectivity index (χ1n) is 7.26. The van der Waals surface area contributed by atoms with Crippen LogP contribution in [0.3, 0.4) is 0 Å². The second-order valence-corrected chi connectivity index (χ2v) is 7.79. The molecule has 1 unspecified atom stereocenters. The molecule has 1 heterocycles. The van der Waals surface area contributed by atoms with Crippen molar-refractivity contribution in [2.75, 3.05) is 26.4 Å². The van der Waals surface area contributed by atoms with Crippen LogP contribution >= 0.6 is 9.90 Å². The van der Waals surface area contributed by atoms with Crippen molar-refractivity contribution >= 4 is 18.5 Å². The van der Waals surface area contributed by atoms with Gasteiger partial charge in [-0.05, 0) is 40.2 Å². The van der Waals surface area contributed by atoms with Gasteiger partial charge in [-0.25, -0.2) is 0 Å². The van der Waals surface area contributed by atoms with E-state index >= 15 is 0 Å². The van der Waals surface area contributed by atoms with Gasteiger partial charge in [-0.15, -0.1) is 0 Å². The Balaban J connectivity index is 0.00000324. The van der Waals surface area contributed by atoms with Gasteiger partial charge in [-0.1, -0.05) is 6.42 Å². The summed E-state index contributed by atoms with van der Waals surface area (Å²) in [6.45, 7) is 10.6. The molecule has 1 rings (SSSR count). The molecule has 116 valence electrons. The summed E-state index contributed by atoms with van der Waals surface area (Å²) >= 11 is 0. The fourth-order valence-electron chi connectivity index (χ4n) is 2.84. The molecule has 0 saturated carbocycles. The topological polar surface area (TPSA) is 36.9 Å². The minimum absolute atomic E-state index is 0. The highest BCUT2D eigenvalue weighted by Crippen LogP contribution is 2.41. The molecule has 1 aliphatic heterocycles. The van der Waals surface area contributed by atoms with Crippen LogP contribution in [0.2, 0.25) is 6.04 Å². The van der Waals surface area contributed by atoms with Crippen LogP contribution in [0.15, 0.2) is 0 Å². The molecular formula is C13H31O4PSi. The first kappa shape index (κ1) is 19.5. The van der Waals surface area contributed by atoms with E-state index in [1.165, 1.54) is 0 Å². The van der Waals surface area contributed by atoms with Crippen LogP contribution in [0.4, 0.5) is 0 Å². The van der Waals surface area contributed by atoms with Gasteiger partial charge < -0.3 is 18.3 Å². The lowest BCUT2D eigenvalue weighted by molar-refractivity contribution is -0.211. The van der Waals surface area contributed by atoms with E-state index in [0.29, 0.717) is 26.4 Å². The Morgan fingerprint density at radius 1 is 0.842 bits per heavy atom. The predicted molar refractivity (Wildman–Crippen MR) is 84.8 cm³/mol. The van der Waals surface area contributed by atoms with E-state index in [9.17, 15) is 0 Å². The summed E-state index contributed by atoms with van der Waals surface area (Å²) in [4.78, 5) is 0. The largest absolute Gasteiger partial charge is 0.399 e. The average Bonchev–Trinajstić information content (AvgIpc) is 2.34. The molecule has 0 aromatic heterocycles. The molecule has 1 fully saturated rings. The van der Waals surface area contributed by atoms with Crippen molar-refractivity contribution in [1.82, 2.24) is 0 Å². The molecule has 1 aliphatic rings. The number of hydrogen-bond acceptors (Lipinski definition) is 4.